The van der Waals surface area contributed by atoms with E-state index in [1.165, 1.54) is 0 Å². The molecule has 0 aromatic carbocycles. The Hall–Kier alpha value is 0.234. The molecule has 1 radical (unpaired) electrons. The summed E-state index contributed by atoms with van der Waals surface area (Å²) in [5.41, 5.74) is 0. The molecule has 0 aliphatic heterocycles. The Labute approximate surface area is 120 Å². The summed E-state index contributed by atoms with van der Waals surface area (Å²) in [5, 5.41) is 0.0391. The van der Waals surface area contributed by atoms with Crippen molar-refractivity contribution in [2.24, 2.45) is 0 Å². The van der Waals surface area contributed by atoms with Crippen LogP contribution in [0.3, 0.4) is 0 Å². The molecule has 0 saturated carbocycles. The largest absolute Gasteiger partial charge is 0.505 e. The highest BCUT2D eigenvalue weighted by Gasteiger charge is 2.53. The quantitative estimate of drug-likeness (QED) is 0.518. The van der Waals surface area contributed by atoms with Crippen LogP contribution in [0.25, 0.3) is 0 Å². The Morgan fingerprint density at radius 2 is 1.11 bits per heavy atom. The van der Waals surface area contributed by atoms with Crippen LogP contribution in [0.15, 0.2) is 0 Å². The molecule has 0 bridgehead atoms. The van der Waals surface area contributed by atoms with E-state index < -0.39 is 18.1 Å². The summed E-state index contributed by atoms with van der Waals surface area (Å²) in [6, 6.07) is 0. The molecule has 0 aromatic heterocycles. The minimum absolute atomic E-state index is 0.0391. The predicted octanol–water partition coefficient (Wildman–Crippen LogP) is 2.53. The van der Waals surface area contributed by atoms with E-state index in [1.807, 2.05) is 34.6 Å². The second kappa shape index (κ2) is 11.0. The van der Waals surface area contributed by atoms with E-state index in [0.717, 1.165) is 0 Å². The van der Waals surface area contributed by atoms with Gasteiger partial charge in [-0.2, -0.15) is 0 Å². The maximum atomic E-state index is 5.91. The van der Waals surface area contributed by atoms with E-state index in [0.29, 0.717) is 33.0 Å². The second-order valence-electron chi connectivity index (χ2n) is 3.81. The molecule has 0 aliphatic carbocycles. The van der Waals surface area contributed by atoms with Crippen molar-refractivity contribution in [3.05, 3.63) is 0 Å². The van der Waals surface area contributed by atoms with E-state index in [9.17, 15) is 0 Å². The molecule has 0 saturated heterocycles. The molecular formula is C12H29O5Si2. The lowest BCUT2D eigenvalue weighted by atomic mass is 10.9. The van der Waals surface area contributed by atoms with Gasteiger partial charge < -0.3 is 22.1 Å². The fourth-order valence-corrected chi connectivity index (χ4v) is 7.59. The zero-order valence-electron chi connectivity index (χ0n) is 13.2. The molecule has 0 fully saturated rings. The van der Waals surface area contributed by atoms with Crippen molar-refractivity contribution >= 4 is 18.1 Å². The molecule has 19 heavy (non-hydrogen) atoms. The first kappa shape index (κ1) is 19.2. The van der Waals surface area contributed by atoms with Crippen molar-refractivity contribution in [1.29, 1.82) is 0 Å². The molecule has 0 aromatic rings. The molecule has 7 heteroatoms. The number of rotatable bonds is 12. The molecule has 0 N–H and O–H groups in total. The Morgan fingerprint density at radius 1 is 0.737 bits per heavy atom. The lowest BCUT2D eigenvalue weighted by Gasteiger charge is -2.35. The van der Waals surface area contributed by atoms with Gasteiger partial charge in [0.05, 0.1) is 5.16 Å². The van der Waals surface area contributed by atoms with Crippen LogP contribution in [0.5, 0.6) is 0 Å². The third kappa shape index (κ3) is 6.03. The summed E-state index contributed by atoms with van der Waals surface area (Å²) in [5.74, 6) is 0. The van der Waals surface area contributed by atoms with Crippen LogP contribution in [0, 0.1) is 0 Å². The Bertz CT molecular complexity index is 195. The van der Waals surface area contributed by atoms with Gasteiger partial charge in [0.2, 0.25) is 0 Å². The van der Waals surface area contributed by atoms with Gasteiger partial charge in [0.15, 0.2) is 0 Å². The van der Waals surface area contributed by atoms with Gasteiger partial charge in [0.25, 0.3) is 0 Å². The van der Waals surface area contributed by atoms with E-state index in [-0.39, 0.29) is 5.16 Å². The lowest BCUT2D eigenvalue weighted by molar-refractivity contribution is 0.0636. The van der Waals surface area contributed by atoms with Crippen molar-refractivity contribution in [3.63, 3.8) is 0 Å². The van der Waals surface area contributed by atoms with Crippen molar-refractivity contribution in [1.82, 2.24) is 0 Å². The Balaban J connectivity index is 5.04. The van der Waals surface area contributed by atoms with Crippen LogP contribution in [0.2, 0.25) is 5.16 Å². The predicted molar refractivity (Wildman–Crippen MR) is 79.1 cm³/mol. The van der Waals surface area contributed by atoms with Crippen molar-refractivity contribution in [2.75, 3.05) is 33.0 Å². The molecule has 0 spiro atoms. The summed E-state index contributed by atoms with van der Waals surface area (Å²) < 4.78 is 29.2. The average molecular weight is 310 g/mol. The summed E-state index contributed by atoms with van der Waals surface area (Å²) in [7, 11) is -4.20. The number of hydrogen-bond donors (Lipinski definition) is 0. The van der Waals surface area contributed by atoms with Crippen molar-refractivity contribution in [3.8, 4) is 0 Å². The SMILES string of the molecule is CCO[Si](OCC)C(C)[Si](OCC)(OCC)OCC. The molecular weight excluding hydrogens is 280 g/mol. The first-order chi connectivity index (χ1) is 9.11. The maximum absolute atomic E-state index is 5.91. The highest BCUT2D eigenvalue weighted by molar-refractivity contribution is 6.76. The Kier molecular flexibility index (Phi) is 11.1. The number of hydrogen-bond acceptors (Lipinski definition) is 5. The third-order valence-electron chi connectivity index (χ3n) is 2.49. The second-order valence-corrected chi connectivity index (χ2v) is 9.41. The maximum Gasteiger partial charge on any atom is 0.505 e. The minimum atomic E-state index is -2.74. The van der Waals surface area contributed by atoms with Crippen LogP contribution in [-0.4, -0.2) is 51.1 Å². The molecule has 5 nitrogen and oxygen atoms in total. The van der Waals surface area contributed by atoms with Crippen molar-refractivity contribution in [2.45, 2.75) is 46.7 Å². The molecule has 0 heterocycles. The van der Waals surface area contributed by atoms with Gasteiger partial charge in [-0.25, -0.2) is 0 Å². The monoisotopic (exact) mass is 309 g/mol. The van der Waals surface area contributed by atoms with Crippen LogP contribution >= 0.6 is 0 Å². The van der Waals surface area contributed by atoms with Gasteiger partial charge in [-0.05, 0) is 34.6 Å². The molecule has 115 valence electrons. The van der Waals surface area contributed by atoms with E-state index in [1.54, 1.807) is 0 Å². The Morgan fingerprint density at radius 3 is 1.37 bits per heavy atom. The fourth-order valence-electron chi connectivity index (χ4n) is 1.82. The molecule has 1 atom stereocenters. The van der Waals surface area contributed by atoms with E-state index >= 15 is 0 Å². The lowest BCUT2D eigenvalue weighted by Crippen LogP contribution is -2.55. The zero-order chi connectivity index (χ0) is 14.7. The van der Waals surface area contributed by atoms with E-state index in [2.05, 4.69) is 6.92 Å². The highest BCUT2D eigenvalue weighted by atomic mass is 28.4. The average Bonchev–Trinajstić information content (AvgIpc) is 2.38. The summed E-state index contributed by atoms with van der Waals surface area (Å²) in [6.07, 6.45) is 0. The third-order valence-corrected chi connectivity index (χ3v) is 9.25. The smallest absolute Gasteiger partial charge is 0.394 e. The standard InChI is InChI=1S/C12H29O5Si2/c1-7-13-18(14-8-2)12(6)19(15-9-3,16-10-4)17-11-5/h12H,7-11H2,1-6H3. The fraction of sp³-hybridized carbons (Fsp3) is 1.00. The summed E-state index contributed by atoms with van der Waals surface area (Å²) in [6.45, 7) is 14.9. The first-order valence-corrected chi connectivity index (χ1v) is 10.4. The van der Waals surface area contributed by atoms with Gasteiger partial charge in [-0.1, -0.05) is 6.92 Å². The summed E-state index contributed by atoms with van der Waals surface area (Å²) >= 11 is 0. The van der Waals surface area contributed by atoms with Gasteiger partial charge in [0.1, 0.15) is 0 Å². The van der Waals surface area contributed by atoms with Gasteiger partial charge in [-0.15, -0.1) is 0 Å². The van der Waals surface area contributed by atoms with Crippen molar-refractivity contribution < 1.29 is 22.1 Å². The van der Waals surface area contributed by atoms with Crippen LogP contribution in [0.1, 0.15) is 41.5 Å². The highest BCUT2D eigenvalue weighted by Crippen LogP contribution is 2.29. The zero-order valence-corrected chi connectivity index (χ0v) is 15.2. The van der Waals surface area contributed by atoms with Gasteiger partial charge in [-0.3, -0.25) is 0 Å². The molecule has 1 unspecified atom stereocenters. The minimum Gasteiger partial charge on any atom is -0.394 e. The normalized spacial score (nSPS) is 14.1. The molecule has 0 amide bonds. The topological polar surface area (TPSA) is 46.2 Å². The first-order valence-electron chi connectivity index (χ1n) is 7.15. The molecule has 0 rings (SSSR count). The van der Waals surface area contributed by atoms with Gasteiger partial charge in [0, 0.05) is 33.0 Å². The molecule has 0 aliphatic rings. The van der Waals surface area contributed by atoms with Crippen LogP contribution in [-0.2, 0) is 22.1 Å². The van der Waals surface area contributed by atoms with Crippen LogP contribution < -0.4 is 0 Å². The van der Waals surface area contributed by atoms with Gasteiger partial charge >= 0.3 is 18.1 Å². The van der Waals surface area contributed by atoms with Crippen LogP contribution in [0.4, 0.5) is 0 Å². The summed E-state index contributed by atoms with van der Waals surface area (Å²) in [4.78, 5) is 0. The van der Waals surface area contributed by atoms with E-state index in [4.69, 9.17) is 22.1 Å².